The SMILES string of the molecule is CC1(C(=O)O)CCN(CCC2CCCO2)C1. The minimum absolute atomic E-state index is 0.414. The zero-order valence-electron chi connectivity index (χ0n) is 9.95. The second-order valence-electron chi connectivity index (χ2n) is 5.32. The Bertz CT molecular complexity index is 263. The molecule has 0 aromatic rings. The van der Waals surface area contributed by atoms with E-state index < -0.39 is 11.4 Å². The number of likely N-dealkylation sites (tertiary alicyclic amines) is 1. The van der Waals surface area contributed by atoms with Crippen LogP contribution in [-0.2, 0) is 9.53 Å². The summed E-state index contributed by atoms with van der Waals surface area (Å²) in [5.41, 5.74) is -0.531. The first-order valence-electron chi connectivity index (χ1n) is 6.17. The van der Waals surface area contributed by atoms with E-state index in [1.807, 2.05) is 6.92 Å². The highest BCUT2D eigenvalue weighted by molar-refractivity contribution is 5.74. The second kappa shape index (κ2) is 4.72. The van der Waals surface area contributed by atoms with Gasteiger partial charge in [-0.25, -0.2) is 0 Å². The van der Waals surface area contributed by atoms with Crippen molar-refractivity contribution >= 4 is 5.97 Å². The number of carboxylic acids is 1. The van der Waals surface area contributed by atoms with E-state index in [4.69, 9.17) is 9.84 Å². The Balaban J connectivity index is 1.74. The number of carboxylic acid groups (broad SMARTS) is 1. The minimum Gasteiger partial charge on any atom is -0.481 e. The van der Waals surface area contributed by atoms with Gasteiger partial charge in [0.2, 0.25) is 0 Å². The van der Waals surface area contributed by atoms with Crippen molar-refractivity contribution in [1.82, 2.24) is 4.90 Å². The van der Waals surface area contributed by atoms with Crippen molar-refractivity contribution < 1.29 is 14.6 Å². The van der Waals surface area contributed by atoms with Crippen LogP contribution in [0.25, 0.3) is 0 Å². The molecule has 0 aromatic heterocycles. The van der Waals surface area contributed by atoms with Crippen molar-refractivity contribution in [3.05, 3.63) is 0 Å². The Morgan fingerprint density at radius 1 is 1.62 bits per heavy atom. The predicted molar refractivity (Wildman–Crippen MR) is 60.4 cm³/mol. The van der Waals surface area contributed by atoms with Crippen molar-refractivity contribution in [2.24, 2.45) is 5.41 Å². The molecule has 0 bridgehead atoms. The van der Waals surface area contributed by atoms with E-state index in [2.05, 4.69) is 4.90 Å². The van der Waals surface area contributed by atoms with Gasteiger partial charge in [-0.2, -0.15) is 0 Å². The van der Waals surface area contributed by atoms with Crippen LogP contribution in [0.2, 0.25) is 0 Å². The van der Waals surface area contributed by atoms with Crippen LogP contribution >= 0.6 is 0 Å². The van der Waals surface area contributed by atoms with Crippen LogP contribution in [0.4, 0.5) is 0 Å². The molecular formula is C12H21NO3. The number of hydrogen-bond acceptors (Lipinski definition) is 3. The number of ether oxygens (including phenoxy) is 1. The molecule has 0 aromatic carbocycles. The maximum atomic E-state index is 11.1. The molecule has 0 radical (unpaired) electrons. The quantitative estimate of drug-likeness (QED) is 0.787. The molecule has 0 spiro atoms. The largest absolute Gasteiger partial charge is 0.481 e. The number of hydrogen-bond donors (Lipinski definition) is 1. The molecule has 16 heavy (non-hydrogen) atoms. The fourth-order valence-electron chi connectivity index (χ4n) is 2.62. The van der Waals surface area contributed by atoms with Crippen LogP contribution in [0.1, 0.15) is 32.6 Å². The lowest BCUT2D eigenvalue weighted by Crippen LogP contribution is -2.32. The van der Waals surface area contributed by atoms with E-state index in [0.29, 0.717) is 12.6 Å². The Hall–Kier alpha value is -0.610. The van der Waals surface area contributed by atoms with Gasteiger partial charge in [-0.15, -0.1) is 0 Å². The van der Waals surface area contributed by atoms with Gasteiger partial charge in [-0.1, -0.05) is 0 Å². The van der Waals surface area contributed by atoms with Crippen molar-refractivity contribution in [1.29, 1.82) is 0 Å². The summed E-state index contributed by atoms with van der Waals surface area (Å²) in [5, 5.41) is 9.12. The van der Waals surface area contributed by atoms with Gasteiger partial charge >= 0.3 is 5.97 Å². The Labute approximate surface area is 96.6 Å². The number of rotatable bonds is 4. The molecule has 2 aliphatic heterocycles. The second-order valence-corrected chi connectivity index (χ2v) is 5.32. The Kier molecular flexibility index (Phi) is 3.50. The van der Waals surface area contributed by atoms with Crippen LogP contribution in [0.5, 0.6) is 0 Å². The lowest BCUT2D eigenvalue weighted by molar-refractivity contribution is -0.147. The first-order chi connectivity index (χ1) is 7.60. The van der Waals surface area contributed by atoms with Gasteiger partial charge < -0.3 is 14.7 Å². The van der Waals surface area contributed by atoms with Crippen LogP contribution in [0.3, 0.4) is 0 Å². The summed E-state index contributed by atoms with van der Waals surface area (Å²) in [5.74, 6) is -0.660. The topological polar surface area (TPSA) is 49.8 Å². The smallest absolute Gasteiger partial charge is 0.310 e. The van der Waals surface area contributed by atoms with Crippen LogP contribution in [0, 0.1) is 5.41 Å². The van der Waals surface area contributed by atoms with E-state index in [1.54, 1.807) is 0 Å². The predicted octanol–water partition coefficient (Wildman–Crippen LogP) is 1.35. The lowest BCUT2D eigenvalue weighted by Gasteiger charge is -2.21. The van der Waals surface area contributed by atoms with Crippen molar-refractivity contribution in [2.45, 2.75) is 38.7 Å². The average Bonchev–Trinajstić information content (AvgIpc) is 2.85. The third-order valence-electron chi connectivity index (χ3n) is 3.86. The molecule has 0 saturated carbocycles. The molecule has 2 rings (SSSR count). The van der Waals surface area contributed by atoms with Crippen LogP contribution in [0.15, 0.2) is 0 Å². The van der Waals surface area contributed by atoms with Gasteiger partial charge in [0, 0.05) is 19.7 Å². The van der Waals surface area contributed by atoms with Crippen LogP contribution in [-0.4, -0.2) is 48.3 Å². The molecule has 2 unspecified atom stereocenters. The van der Waals surface area contributed by atoms with Gasteiger partial charge in [0.1, 0.15) is 0 Å². The average molecular weight is 227 g/mol. The third kappa shape index (κ3) is 2.55. The summed E-state index contributed by atoms with van der Waals surface area (Å²) in [4.78, 5) is 13.3. The molecule has 2 fully saturated rings. The summed E-state index contributed by atoms with van der Waals surface area (Å²) < 4.78 is 5.57. The van der Waals surface area contributed by atoms with Gasteiger partial charge in [0.25, 0.3) is 0 Å². The van der Waals surface area contributed by atoms with Crippen molar-refractivity contribution in [3.63, 3.8) is 0 Å². The van der Waals surface area contributed by atoms with Crippen molar-refractivity contribution in [2.75, 3.05) is 26.2 Å². The molecule has 92 valence electrons. The summed E-state index contributed by atoms with van der Waals surface area (Å²) in [6, 6.07) is 0. The molecule has 4 heteroatoms. The lowest BCUT2D eigenvalue weighted by atomic mass is 9.90. The molecule has 2 heterocycles. The molecule has 0 amide bonds. The van der Waals surface area contributed by atoms with E-state index in [0.717, 1.165) is 32.5 Å². The van der Waals surface area contributed by atoms with Gasteiger partial charge in [-0.05, 0) is 39.2 Å². The number of nitrogens with zero attached hydrogens (tertiary/aromatic N) is 1. The molecule has 2 saturated heterocycles. The highest BCUT2D eigenvalue weighted by Crippen LogP contribution is 2.30. The van der Waals surface area contributed by atoms with Gasteiger partial charge in [0.15, 0.2) is 0 Å². The highest BCUT2D eigenvalue weighted by atomic mass is 16.5. The highest BCUT2D eigenvalue weighted by Gasteiger charge is 2.40. The normalized spacial score (nSPS) is 35.7. The summed E-state index contributed by atoms with van der Waals surface area (Å²) in [6.45, 7) is 5.33. The zero-order chi connectivity index (χ0) is 11.6. The molecule has 2 atom stereocenters. The van der Waals surface area contributed by atoms with Gasteiger partial charge in [0.05, 0.1) is 11.5 Å². The fraction of sp³-hybridized carbons (Fsp3) is 0.917. The van der Waals surface area contributed by atoms with E-state index in [-0.39, 0.29) is 0 Å². The third-order valence-corrected chi connectivity index (χ3v) is 3.86. The standard InChI is InChI=1S/C12H21NO3/c1-12(11(14)15)5-7-13(9-12)6-4-10-3-2-8-16-10/h10H,2-9H2,1H3,(H,14,15). The number of aliphatic carboxylic acids is 1. The first-order valence-corrected chi connectivity index (χ1v) is 6.17. The maximum absolute atomic E-state index is 11.1. The monoisotopic (exact) mass is 227 g/mol. The molecule has 1 N–H and O–H groups in total. The van der Waals surface area contributed by atoms with Crippen molar-refractivity contribution in [3.8, 4) is 0 Å². The zero-order valence-corrected chi connectivity index (χ0v) is 9.95. The molecular weight excluding hydrogens is 206 g/mol. The minimum atomic E-state index is -0.660. The van der Waals surface area contributed by atoms with Gasteiger partial charge in [-0.3, -0.25) is 4.79 Å². The summed E-state index contributed by atoms with van der Waals surface area (Å²) in [6.07, 6.45) is 4.59. The maximum Gasteiger partial charge on any atom is 0.310 e. The Morgan fingerprint density at radius 3 is 3.00 bits per heavy atom. The summed E-state index contributed by atoms with van der Waals surface area (Å²) >= 11 is 0. The Morgan fingerprint density at radius 2 is 2.44 bits per heavy atom. The van der Waals surface area contributed by atoms with E-state index >= 15 is 0 Å². The molecule has 0 aliphatic carbocycles. The van der Waals surface area contributed by atoms with E-state index in [9.17, 15) is 4.79 Å². The molecule has 2 aliphatic rings. The molecule has 4 nitrogen and oxygen atoms in total. The summed E-state index contributed by atoms with van der Waals surface area (Å²) in [7, 11) is 0. The van der Waals surface area contributed by atoms with E-state index in [1.165, 1.54) is 12.8 Å². The van der Waals surface area contributed by atoms with Crippen LogP contribution < -0.4 is 0 Å². The fourth-order valence-corrected chi connectivity index (χ4v) is 2.62. The number of carbonyl (C=O) groups is 1. The first kappa shape index (κ1) is 11.9.